The van der Waals surface area contributed by atoms with Crippen LogP contribution in [0.5, 0.6) is 0 Å². The van der Waals surface area contributed by atoms with Crippen LogP contribution in [0.1, 0.15) is 52.9 Å². The Kier molecular flexibility index (Phi) is 6.26. The van der Waals surface area contributed by atoms with E-state index in [2.05, 4.69) is 31.0 Å². The minimum Gasteiger partial charge on any atom is -0.311 e. The molecule has 0 spiro atoms. The van der Waals surface area contributed by atoms with Crippen LogP contribution >= 0.6 is 0 Å². The van der Waals surface area contributed by atoms with Crippen LogP contribution in [0.2, 0.25) is 0 Å². The summed E-state index contributed by atoms with van der Waals surface area (Å²) in [5.41, 5.74) is 0. The summed E-state index contributed by atoms with van der Waals surface area (Å²) < 4.78 is 0. The van der Waals surface area contributed by atoms with Crippen LogP contribution in [-0.4, -0.2) is 36.6 Å². The van der Waals surface area contributed by atoms with E-state index in [0.29, 0.717) is 6.04 Å². The van der Waals surface area contributed by atoms with E-state index in [0.717, 1.165) is 6.04 Å². The van der Waals surface area contributed by atoms with Crippen molar-refractivity contribution >= 4 is 0 Å². The highest BCUT2D eigenvalue weighted by molar-refractivity contribution is 4.83. The Morgan fingerprint density at radius 1 is 1.20 bits per heavy atom. The first-order chi connectivity index (χ1) is 7.27. The molecule has 0 aromatic carbocycles. The molecular formula is C13H28N2. The summed E-state index contributed by atoms with van der Waals surface area (Å²) in [6.45, 7) is 10.6. The molecule has 0 bridgehead atoms. The molecule has 0 saturated carbocycles. The Morgan fingerprint density at radius 2 is 2.00 bits per heavy atom. The first-order valence-corrected chi connectivity index (χ1v) is 6.75. The predicted octanol–water partition coefficient (Wildman–Crippen LogP) is 2.64. The molecule has 0 amide bonds. The van der Waals surface area contributed by atoms with Gasteiger partial charge in [0.1, 0.15) is 0 Å². The van der Waals surface area contributed by atoms with Crippen molar-refractivity contribution in [1.82, 2.24) is 10.2 Å². The average Bonchev–Trinajstić information content (AvgIpc) is 2.22. The minimum atomic E-state index is 0.680. The Labute approximate surface area is 95.4 Å². The van der Waals surface area contributed by atoms with Gasteiger partial charge >= 0.3 is 0 Å². The van der Waals surface area contributed by atoms with Crippen LogP contribution in [0.25, 0.3) is 0 Å². The van der Waals surface area contributed by atoms with E-state index >= 15 is 0 Å². The Hall–Kier alpha value is -0.0800. The van der Waals surface area contributed by atoms with Crippen LogP contribution in [0.3, 0.4) is 0 Å². The smallest absolute Gasteiger partial charge is 0.0221 e. The number of hydrogen-bond donors (Lipinski definition) is 1. The van der Waals surface area contributed by atoms with Crippen molar-refractivity contribution in [3.63, 3.8) is 0 Å². The van der Waals surface area contributed by atoms with Gasteiger partial charge in [-0.3, -0.25) is 4.90 Å². The zero-order valence-electron chi connectivity index (χ0n) is 10.8. The van der Waals surface area contributed by atoms with Crippen LogP contribution in [0.15, 0.2) is 0 Å². The average molecular weight is 212 g/mol. The Balaban J connectivity index is 2.32. The van der Waals surface area contributed by atoms with Crippen molar-refractivity contribution in [2.24, 2.45) is 0 Å². The standard InChI is InChI=1S/C13H28N2/c1-4-6-7-9-15-11-12(3)14-10-13(15)8-5-2/h12-14H,4-11H2,1-3H3. The summed E-state index contributed by atoms with van der Waals surface area (Å²) in [5, 5.41) is 3.60. The van der Waals surface area contributed by atoms with Crippen LogP contribution < -0.4 is 5.32 Å². The molecule has 1 fully saturated rings. The van der Waals surface area contributed by atoms with Crippen molar-refractivity contribution in [3.8, 4) is 0 Å². The lowest BCUT2D eigenvalue weighted by Crippen LogP contribution is -2.55. The molecule has 1 N–H and O–H groups in total. The molecule has 1 aliphatic heterocycles. The second-order valence-electron chi connectivity index (χ2n) is 4.95. The van der Waals surface area contributed by atoms with Gasteiger partial charge < -0.3 is 5.32 Å². The van der Waals surface area contributed by atoms with E-state index in [9.17, 15) is 0 Å². The third-order valence-corrected chi connectivity index (χ3v) is 3.40. The van der Waals surface area contributed by atoms with Gasteiger partial charge in [-0.2, -0.15) is 0 Å². The number of rotatable bonds is 6. The summed E-state index contributed by atoms with van der Waals surface area (Å²) in [6.07, 6.45) is 6.76. The molecule has 1 aliphatic rings. The van der Waals surface area contributed by atoms with Crippen molar-refractivity contribution < 1.29 is 0 Å². The van der Waals surface area contributed by atoms with E-state index in [1.165, 1.54) is 51.7 Å². The normalized spacial score (nSPS) is 28.2. The summed E-state index contributed by atoms with van der Waals surface area (Å²) in [7, 11) is 0. The highest BCUT2D eigenvalue weighted by Gasteiger charge is 2.24. The zero-order valence-corrected chi connectivity index (χ0v) is 10.8. The van der Waals surface area contributed by atoms with Crippen molar-refractivity contribution in [1.29, 1.82) is 0 Å². The number of piperazine rings is 1. The maximum Gasteiger partial charge on any atom is 0.0221 e. The van der Waals surface area contributed by atoms with Crippen LogP contribution in [0.4, 0.5) is 0 Å². The highest BCUT2D eigenvalue weighted by atomic mass is 15.2. The monoisotopic (exact) mass is 212 g/mol. The summed E-state index contributed by atoms with van der Waals surface area (Å²) in [4.78, 5) is 2.71. The molecule has 0 aromatic heterocycles. The lowest BCUT2D eigenvalue weighted by atomic mass is 10.0. The van der Waals surface area contributed by atoms with E-state index in [-0.39, 0.29) is 0 Å². The molecule has 2 atom stereocenters. The third-order valence-electron chi connectivity index (χ3n) is 3.40. The zero-order chi connectivity index (χ0) is 11.1. The molecular weight excluding hydrogens is 184 g/mol. The molecule has 15 heavy (non-hydrogen) atoms. The van der Waals surface area contributed by atoms with Crippen molar-refractivity contribution in [2.75, 3.05) is 19.6 Å². The molecule has 0 radical (unpaired) electrons. The van der Waals surface area contributed by atoms with Gasteiger partial charge in [0.05, 0.1) is 0 Å². The van der Waals surface area contributed by atoms with Crippen LogP contribution in [-0.2, 0) is 0 Å². The van der Waals surface area contributed by atoms with Gasteiger partial charge in [0.2, 0.25) is 0 Å². The molecule has 2 heteroatoms. The quantitative estimate of drug-likeness (QED) is 0.681. The van der Waals surface area contributed by atoms with Gasteiger partial charge in [-0.05, 0) is 26.3 Å². The van der Waals surface area contributed by atoms with E-state index in [1.54, 1.807) is 0 Å². The molecule has 0 aliphatic carbocycles. The van der Waals surface area contributed by atoms with Gasteiger partial charge in [0.15, 0.2) is 0 Å². The molecule has 0 aromatic rings. The molecule has 2 unspecified atom stereocenters. The fraction of sp³-hybridized carbons (Fsp3) is 1.00. The van der Waals surface area contributed by atoms with Gasteiger partial charge in [-0.15, -0.1) is 0 Å². The van der Waals surface area contributed by atoms with Crippen molar-refractivity contribution in [3.05, 3.63) is 0 Å². The fourth-order valence-electron chi connectivity index (χ4n) is 2.49. The molecule has 1 rings (SSSR count). The summed E-state index contributed by atoms with van der Waals surface area (Å²) in [6, 6.07) is 1.47. The number of unbranched alkanes of at least 4 members (excludes halogenated alkanes) is 2. The Bertz CT molecular complexity index is 159. The van der Waals surface area contributed by atoms with E-state index in [1.807, 2.05) is 0 Å². The highest BCUT2D eigenvalue weighted by Crippen LogP contribution is 2.13. The van der Waals surface area contributed by atoms with Gasteiger partial charge in [-0.25, -0.2) is 0 Å². The van der Waals surface area contributed by atoms with E-state index < -0.39 is 0 Å². The SMILES string of the molecule is CCCCCN1CC(C)NCC1CCC. The third kappa shape index (κ3) is 4.52. The second kappa shape index (κ2) is 7.24. The molecule has 1 heterocycles. The first-order valence-electron chi connectivity index (χ1n) is 6.75. The second-order valence-corrected chi connectivity index (χ2v) is 4.95. The predicted molar refractivity (Wildman–Crippen MR) is 67.3 cm³/mol. The van der Waals surface area contributed by atoms with Gasteiger partial charge in [0.25, 0.3) is 0 Å². The molecule has 1 saturated heterocycles. The van der Waals surface area contributed by atoms with Crippen molar-refractivity contribution in [2.45, 2.75) is 65.0 Å². The Morgan fingerprint density at radius 3 is 2.67 bits per heavy atom. The number of nitrogens with zero attached hydrogens (tertiary/aromatic N) is 1. The van der Waals surface area contributed by atoms with E-state index in [4.69, 9.17) is 0 Å². The molecule has 90 valence electrons. The number of hydrogen-bond acceptors (Lipinski definition) is 2. The molecule has 2 nitrogen and oxygen atoms in total. The maximum absolute atomic E-state index is 3.60. The van der Waals surface area contributed by atoms with Gasteiger partial charge in [-0.1, -0.05) is 33.1 Å². The van der Waals surface area contributed by atoms with Crippen LogP contribution in [0, 0.1) is 0 Å². The maximum atomic E-state index is 3.60. The first kappa shape index (κ1) is 13.0. The largest absolute Gasteiger partial charge is 0.311 e. The topological polar surface area (TPSA) is 15.3 Å². The minimum absolute atomic E-state index is 0.680. The van der Waals surface area contributed by atoms with Gasteiger partial charge in [0, 0.05) is 25.2 Å². The number of nitrogens with one attached hydrogen (secondary N) is 1. The lowest BCUT2D eigenvalue weighted by Gasteiger charge is -2.39. The lowest BCUT2D eigenvalue weighted by molar-refractivity contribution is 0.125. The summed E-state index contributed by atoms with van der Waals surface area (Å²) in [5.74, 6) is 0. The fourth-order valence-corrected chi connectivity index (χ4v) is 2.49. The summed E-state index contributed by atoms with van der Waals surface area (Å²) >= 11 is 0.